The second kappa shape index (κ2) is 9.73. The molecule has 32 heavy (non-hydrogen) atoms. The molecule has 1 unspecified atom stereocenters. The highest BCUT2D eigenvalue weighted by Crippen LogP contribution is 2.34. The van der Waals surface area contributed by atoms with E-state index in [0.29, 0.717) is 25.4 Å². The Kier molecular flexibility index (Phi) is 6.98. The summed E-state index contributed by atoms with van der Waals surface area (Å²) in [5, 5.41) is 6.39. The maximum Gasteiger partial charge on any atom is 0.225 e. The van der Waals surface area contributed by atoms with E-state index in [1.165, 1.54) is 12.8 Å². The molecule has 3 heterocycles. The monoisotopic (exact) mass is 442 g/mol. The Bertz CT molecular complexity index is 834. The Labute approximate surface area is 191 Å². The van der Waals surface area contributed by atoms with Crippen molar-refractivity contribution in [2.45, 2.75) is 82.7 Å². The number of hydrogen-bond donors (Lipinski definition) is 2. The van der Waals surface area contributed by atoms with E-state index in [1.54, 1.807) is 6.92 Å². The second-order valence-corrected chi connectivity index (χ2v) is 9.97. The van der Waals surface area contributed by atoms with Crippen molar-refractivity contribution < 1.29 is 9.59 Å². The Morgan fingerprint density at radius 2 is 1.91 bits per heavy atom. The minimum absolute atomic E-state index is 0.0459. The molecule has 1 aromatic rings. The number of nitrogens with one attached hydrogen (secondary N) is 2. The molecule has 0 bridgehead atoms. The third kappa shape index (κ3) is 5.05. The average molecular weight is 443 g/mol. The number of carbonyl (C=O) groups is 2. The minimum Gasteiger partial charge on any atom is -0.373 e. The summed E-state index contributed by atoms with van der Waals surface area (Å²) in [5.74, 6) is 2.23. The number of anilines is 1. The number of rotatable bonds is 5. The van der Waals surface area contributed by atoms with Crippen molar-refractivity contribution in [2.75, 3.05) is 39.0 Å². The zero-order chi connectivity index (χ0) is 22.7. The van der Waals surface area contributed by atoms with Crippen LogP contribution in [0.15, 0.2) is 0 Å². The first-order valence-corrected chi connectivity index (χ1v) is 12.2. The van der Waals surface area contributed by atoms with E-state index in [4.69, 9.17) is 9.97 Å². The molecule has 0 aromatic carbocycles. The molecule has 1 atom stereocenters. The van der Waals surface area contributed by atoms with Gasteiger partial charge in [0, 0.05) is 56.9 Å². The van der Waals surface area contributed by atoms with Crippen LogP contribution in [0, 0.1) is 0 Å². The standard InChI is InChI=1S/C24H38N6O2/c1-17(31)28-24(10-5-4-6-11-24)14-21(32)30-13-9-20-19(16-30)23(25-2)27-22(26-20)18-8-7-12-29(3)15-18/h18H,4-16H2,1-3H3,(H,28,31)(H,25,26,27). The lowest BCUT2D eigenvalue weighted by Gasteiger charge is -2.39. The van der Waals surface area contributed by atoms with Gasteiger partial charge in [0.05, 0.1) is 12.2 Å². The Balaban J connectivity index is 1.50. The van der Waals surface area contributed by atoms with Gasteiger partial charge in [-0.1, -0.05) is 19.3 Å². The number of piperidine rings is 1. The quantitative estimate of drug-likeness (QED) is 0.728. The Morgan fingerprint density at radius 3 is 2.59 bits per heavy atom. The summed E-state index contributed by atoms with van der Waals surface area (Å²) in [4.78, 5) is 39.3. The van der Waals surface area contributed by atoms with Crippen molar-refractivity contribution in [1.82, 2.24) is 25.1 Å². The summed E-state index contributed by atoms with van der Waals surface area (Å²) in [6, 6.07) is 0. The third-order valence-corrected chi connectivity index (χ3v) is 7.40. The predicted octanol–water partition coefficient (Wildman–Crippen LogP) is 2.44. The fraction of sp³-hybridized carbons (Fsp3) is 0.750. The van der Waals surface area contributed by atoms with Crippen LogP contribution in [0.2, 0.25) is 0 Å². The second-order valence-electron chi connectivity index (χ2n) is 9.97. The molecule has 8 heteroatoms. The number of carbonyl (C=O) groups excluding carboxylic acids is 2. The maximum absolute atomic E-state index is 13.3. The molecule has 2 fully saturated rings. The van der Waals surface area contributed by atoms with Gasteiger partial charge in [0.25, 0.3) is 0 Å². The highest BCUT2D eigenvalue weighted by Gasteiger charge is 2.37. The van der Waals surface area contributed by atoms with Crippen molar-refractivity contribution in [3.63, 3.8) is 0 Å². The van der Waals surface area contributed by atoms with Crippen molar-refractivity contribution in [3.05, 3.63) is 17.1 Å². The van der Waals surface area contributed by atoms with Crippen molar-refractivity contribution in [1.29, 1.82) is 0 Å². The van der Waals surface area contributed by atoms with Gasteiger partial charge in [0.2, 0.25) is 11.8 Å². The molecule has 2 amide bonds. The Hall–Kier alpha value is -2.22. The summed E-state index contributed by atoms with van der Waals surface area (Å²) < 4.78 is 0. The molecular formula is C24H38N6O2. The number of fused-ring (bicyclic) bond motifs is 1. The summed E-state index contributed by atoms with van der Waals surface area (Å²) in [7, 11) is 4.06. The molecular weight excluding hydrogens is 404 g/mol. The van der Waals surface area contributed by atoms with Gasteiger partial charge in [-0.15, -0.1) is 0 Å². The number of likely N-dealkylation sites (N-methyl/N-ethyl adjacent to an activating group) is 1. The molecule has 0 radical (unpaired) electrons. The van der Waals surface area contributed by atoms with Crippen LogP contribution in [-0.2, 0) is 22.6 Å². The predicted molar refractivity (Wildman–Crippen MR) is 124 cm³/mol. The first-order valence-electron chi connectivity index (χ1n) is 12.2. The molecule has 3 aliphatic rings. The molecule has 1 saturated carbocycles. The van der Waals surface area contributed by atoms with E-state index in [-0.39, 0.29) is 17.4 Å². The van der Waals surface area contributed by atoms with E-state index in [2.05, 4.69) is 22.6 Å². The number of aromatic nitrogens is 2. The SMILES string of the molecule is CNc1nc(C2CCCN(C)C2)nc2c1CN(C(=O)CC1(NC(C)=O)CCCCC1)CC2. The molecule has 8 nitrogen and oxygen atoms in total. The summed E-state index contributed by atoms with van der Waals surface area (Å²) >= 11 is 0. The summed E-state index contributed by atoms with van der Waals surface area (Å²) in [6.45, 7) is 4.89. The van der Waals surface area contributed by atoms with E-state index >= 15 is 0 Å². The van der Waals surface area contributed by atoms with Crippen molar-refractivity contribution >= 4 is 17.6 Å². The zero-order valence-corrected chi connectivity index (χ0v) is 19.9. The normalized spacial score (nSPS) is 23.3. The van der Waals surface area contributed by atoms with E-state index < -0.39 is 0 Å². The van der Waals surface area contributed by atoms with Crippen LogP contribution in [0.1, 0.15) is 81.3 Å². The van der Waals surface area contributed by atoms with Crippen molar-refractivity contribution in [2.24, 2.45) is 0 Å². The lowest BCUT2D eigenvalue weighted by molar-refractivity contribution is -0.134. The molecule has 4 rings (SSSR count). The first-order chi connectivity index (χ1) is 15.4. The molecule has 1 aromatic heterocycles. The van der Waals surface area contributed by atoms with E-state index in [0.717, 1.165) is 74.5 Å². The Morgan fingerprint density at radius 1 is 1.12 bits per heavy atom. The largest absolute Gasteiger partial charge is 0.373 e. The van der Waals surface area contributed by atoms with Gasteiger partial charge in [-0.05, 0) is 39.3 Å². The van der Waals surface area contributed by atoms with Crippen LogP contribution in [0.3, 0.4) is 0 Å². The van der Waals surface area contributed by atoms with Crippen LogP contribution in [-0.4, -0.2) is 70.9 Å². The molecule has 2 aliphatic heterocycles. The first kappa shape index (κ1) is 23.0. The highest BCUT2D eigenvalue weighted by atomic mass is 16.2. The fourth-order valence-corrected chi connectivity index (χ4v) is 5.76. The topological polar surface area (TPSA) is 90.5 Å². The van der Waals surface area contributed by atoms with E-state index in [9.17, 15) is 9.59 Å². The highest BCUT2D eigenvalue weighted by molar-refractivity contribution is 5.80. The van der Waals surface area contributed by atoms with Gasteiger partial charge in [-0.3, -0.25) is 9.59 Å². The van der Waals surface area contributed by atoms with Gasteiger partial charge >= 0.3 is 0 Å². The molecule has 0 spiro atoms. The van der Waals surface area contributed by atoms with Crippen molar-refractivity contribution in [3.8, 4) is 0 Å². The summed E-state index contributed by atoms with van der Waals surface area (Å²) in [6.07, 6.45) is 8.50. The van der Waals surface area contributed by atoms with E-state index in [1.807, 2.05) is 11.9 Å². The number of amides is 2. The maximum atomic E-state index is 13.3. The minimum atomic E-state index is -0.388. The van der Waals surface area contributed by atoms with Gasteiger partial charge in [0.1, 0.15) is 11.6 Å². The van der Waals surface area contributed by atoms with Crippen LogP contribution < -0.4 is 10.6 Å². The average Bonchev–Trinajstić information content (AvgIpc) is 2.78. The van der Waals surface area contributed by atoms with Crippen LogP contribution in [0.5, 0.6) is 0 Å². The molecule has 1 saturated heterocycles. The number of hydrogen-bond acceptors (Lipinski definition) is 6. The molecule has 176 valence electrons. The molecule has 1 aliphatic carbocycles. The van der Waals surface area contributed by atoms with Gasteiger partial charge in [-0.2, -0.15) is 0 Å². The van der Waals surface area contributed by atoms with Gasteiger partial charge in [0.15, 0.2) is 0 Å². The lowest BCUT2D eigenvalue weighted by atomic mass is 9.78. The molecule has 2 N–H and O–H groups in total. The fourth-order valence-electron chi connectivity index (χ4n) is 5.76. The lowest BCUT2D eigenvalue weighted by Crippen LogP contribution is -2.52. The number of nitrogens with zero attached hydrogens (tertiary/aromatic N) is 4. The third-order valence-electron chi connectivity index (χ3n) is 7.40. The van der Waals surface area contributed by atoms with Crippen LogP contribution in [0.4, 0.5) is 5.82 Å². The summed E-state index contributed by atoms with van der Waals surface area (Å²) in [5.41, 5.74) is 1.73. The number of likely N-dealkylation sites (tertiary alicyclic amines) is 1. The van der Waals surface area contributed by atoms with Crippen LogP contribution in [0.25, 0.3) is 0 Å². The van der Waals surface area contributed by atoms with Gasteiger partial charge in [-0.25, -0.2) is 9.97 Å². The zero-order valence-electron chi connectivity index (χ0n) is 19.9. The van der Waals surface area contributed by atoms with Crippen LogP contribution >= 0.6 is 0 Å². The smallest absolute Gasteiger partial charge is 0.225 e. The van der Waals surface area contributed by atoms with Gasteiger partial charge < -0.3 is 20.4 Å².